The molecule has 2 aromatic rings. The van der Waals surface area contributed by atoms with Crippen molar-refractivity contribution in [1.82, 2.24) is 15.4 Å². The summed E-state index contributed by atoms with van der Waals surface area (Å²) < 4.78 is 2.20. The maximum atomic E-state index is 12.2. The molecule has 2 heterocycles. The standard InChI is InChI=1S/C14H15N5O2S/c1-9(11-12(20)19-8-7-15-14(19)22-11)17-18-13(21)16-10-5-3-2-4-6-10/h2-6,17H,7-8H2,1H3,(H2,16,18,21)/b11-9-. The van der Waals surface area contributed by atoms with Gasteiger partial charge in [-0.1, -0.05) is 29.5 Å². The van der Waals surface area contributed by atoms with Gasteiger partial charge in [-0.2, -0.15) is 0 Å². The van der Waals surface area contributed by atoms with Crippen molar-refractivity contribution in [1.29, 1.82) is 0 Å². The number of thiazole rings is 1. The number of carbonyl (C=O) groups excluding carboxylic acids is 1. The normalized spacial score (nSPS) is 13.9. The van der Waals surface area contributed by atoms with Crippen LogP contribution in [0.3, 0.4) is 0 Å². The van der Waals surface area contributed by atoms with E-state index < -0.39 is 6.03 Å². The molecule has 1 aromatic carbocycles. The average molecular weight is 317 g/mol. The first-order valence-corrected chi connectivity index (χ1v) is 7.60. The molecule has 0 aliphatic carbocycles. The molecule has 2 amide bonds. The van der Waals surface area contributed by atoms with E-state index in [2.05, 4.69) is 21.2 Å². The third kappa shape index (κ3) is 2.86. The van der Waals surface area contributed by atoms with Crippen molar-refractivity contribution in [2.24, 2.45) is 4.99 Å². The minimum absolute atomic E-state index is 0.0727. The number of nitrogens with zero attached hydrogens (tertiary/aromatic N) is 2. The Morgan fingerprint density at radius 2 is 2.05 bits per heavy atom. The Labute approximate surface area is 130 Å². The highest BCUT2D eigenvalue weighted by Gasteiger charge is 2.11. The number of carbonyl (C=O) groups is 1. The van der Waals surface area contributed by atoms with E-state index in [1.165, 1.54) is 11.3 Å². The Morgan fingerprint density at radius 3 is 2.77 bits per heavy atom. The van der Waals surface area contributed by atoms with E-state index in [4.69, 9.17) is 0 Å². The number of para-hydroxylation sites is 1. The summed E-state index contributed by atoms with van der Waals surface area (Å²) in [5.41, 5.74) is 6.48. The molecule has 0 radical (unpaired) electrons. The first-order valence-electron chi connectivity index (χ1n) is 6.78. The number of urea groups is 1. The lowest BCUT2D eigenvalue weighted by atomic mass is 10.3. The lowest BCUT2D eigenvalue weighted by Crippen LogP contribution is -2.42. The maximum absolute atomic E-state index is 12.2. The van der Waals surface area contributed by atoms with Gasteiger partial charge >= 0.3 is 6.03 Å². The van der Waals surface area contributed by atoms with E-state index >= 15 is 0 Å². The van der Waals surface area contributed by atoms with Gasteiger partial charge < -0.3 is 5.32 Å². The molecule has 0 saturated carbocycles. The summed E-state index contributed by atoms with van der Waals surface area (Å²) in [4.78, 5) is 28.9. The van der Waals surface area contributed by atoms with Gasteiger partial charge in [-0.15, -0.1) is 0 Å². The lowest BCUT2D eigenvalue weighted by Gasteiger charge is -2.09. The van der Waals surface area contributed by atoms with Crippen LogP contribution in [0.15, 0.2) is 40.1 Å². The third-order valence-electron chi connectivity index (χ3n) is 3.17. The summed E-state index contributed by atoms with van der Waals surface area (Å²) in [7, 11) is 0. The number of amides is 2. The first-order chi connectivity index (χ1) is 10.6. The van der Waals surface area contributed by atoms with Crippen molar-refractivity contribution >= 4 is 28.8 Å². The minimum atomic E-state index is -0.403. The summed E-state index contributed by atoms with van der Waals surface area (Å²) in [6.45, 7) is 3.02. The number of rotatable bonds is 3. The highest BCUT2D eigenvalue weighted by molar-refractivity contribution is 7.07. The predicted octanol–water partition coefficient (Wildman–Crippen LogP) is -0.00260. The molecule has 0 atom stereocenters. The molecule has 0 saturated heterocycles. The van der Waals surface area contributed by atoms with Gasteiger partial charge in [0.05, 0.1) is 12.2 Å². The Bertz CT molecular complexity index is 869. The molecule has 0 fully saturated rings. The third-order valence-corrected chi connectivity index (χ3v) is 4.39. The van der Waals surface area contributed by atoms with Gasteiger partial charge in [0.15, 0.2) is 4.80 Å². The summed E-state index contributed by atoms with van der Waals surface area (Å²) in [6, 6.07) is 8.70. The Balaban J connectivity index is 1.70. The van der Waals surface area contributed by atoms with Gasteiger partial charge in [0.1, 0.15) is 4.53 Å². The SMILES string of the molecule is C/C(NNC(=O)Nc1ccccc1)=c1/sc2n(c1=O)CCN=2. The number of aromatic nitrogens is 1. The van der Waals surface area contributed by atoms with Gasteiger partial charge in [-0.25, -0.2) is 4.79 Å². The molecule has 7 nitrogen and oxygen atoms in total. The van der Waals surface area contributed by atoms with Crippen LogP contribution in [0.25, 0.3) is 5.70 Å². The second kappa shape index (κ2) is 6.02. The van der Waals surface area contributed by atoms with Crippen LogP contribution in [0.5, 0.6) is 0 Å². The Morgan fingerprint density at radius 1 is 1.27 bits per heavy atom. The second-order valence-electron chi connectivity index (χ2n) is 4.75. The van der Waals surface area contributed by atoms with Crippen molar-refractivity contribution < 1.29 is 4.79 Å². The summed E-state index contributed by atoms with van der Waals surface area (Å²) in [5.74, 6) is 0. The zero-order valence-electron chi connectivity index (χ0n) is 11.9. The van der Waals surface area contributed by atoms with Crippen molar-refractivity contribution in [3.05, 3.63) is 50.0 Å². The molecule has 22 heavy (non-hydrogen) atoms. The average Bonchev–Trinajstić information content (AvgIpc) is 3.09. The van der Waals surface area contributed by atoms with E-state index in [1.54, 1.807) is 23.6 Å². The molecule has 3 N–H and O–H groups in total. The number of benzene rings is 1. The zero-order valence-corrected chi connectivity index (χ0v) is 12.7. The maximum Gasteiger partial charge on any atom is 0.337 e. The molecule has 0 spiro atoms. The molecule has 8 heteroatoms. The molecule has 114 valence electrons. The highest BCUT2D eigenvalue weighted by atomic mass is 32.1. The molecule has 1 aliphatic rings. The van der Waals surface area contributed by atoms with Crippen LogP contribution >= 0.6 is 11.3 Å². The molecule has 1 aromatic heterocycles. The van der Waals surface area contributed by atoms with Gasteiger partial charge in [0, 0.05) is 12.2 Å². The summed E-state index contributed by atoms with van der Waals surface area (Å²) in [6.07, 6.45) is 0. The quantitative estimate of drug-likeness (QED) is 0.696. The van der Waals surface area contributed by atoms with Crippen molar-refractivity contribution in [3.8, 4) is 0 Å². The molecular formula is C14H15N5O2S. The fraction of sp³-hybridized carbons (Fsp3) is 0.214. The second-order valence-corrected chi connectivity index (χ2v) is 5.72. The lowest BCUT2D eigenvalue weighted by molar-refractivity contribution is 0.250. The van der Waals surface area contributed by atoms with Crippen molar-refractivity contribution in [2.45, 2.75) is 13.5 Å². The fourth-order valence-corrected chi connectivity index (χ4v) is 3.11. The van der Waals surface area contributed by atoms with E-state index in [0.717, 1.165) is 4.80 Å². The molecule has 3 rings (SSSR count). The number of hydrogen-bond donors (Lipinski definition) is 3. The van der Waals surface area contributed by atoms with Gasteiger partial charge in [-0.05, 0) is 19.1 Å². The van der Waals surface area contributed by atoms with E-state index in [0.29, 0.717) is 29.0 Å². The largest absolute Gasteiger partial charge is 0.337 e. The zero-order chi connectivity index (χ0) is 15.5. The topological polar surface area (TPSA) is 87.5 Å². The molecule has 0 bridgehead atoms. The van der Waals surface area contributed by atoms with Gasteiger partial charge in [0.25, 0.3) is 5.56 Å². The van der Waals surface area contributed by atoms with Crippen LogP contribution in [-0.4, -0.2) is 17.1 Å². The first kappa shape index (κ1) is 14.3. The van der Waals surface area contributed by atoms with E-state index in [1.807, 2.05) is 18.2 Å². The molecular weight excluding hydrogens is 302 g/mol. The van der Waals surface area contributed by atoms with Crippen molar-refractivity contribution in [3.63, 3.8) is 0 Å². The van der Waals surface area contributed by atoms with Crippen LogP contribution < -0.4 is 31.1 Å². The van der Waals surface area contributed by atoms with Crippen molar-refractivity contribution in [2.75, 3.05) is 11.9 Å². The number of fused-ring (bicyclic) bond motifs is 1. The number of nitrogens with one attached hydrogen (secondary N) is 3. The monoisotopic (exact) mass is 317 g/mol. The van der Waals surface area contributed by atoms with Gasteiger partial charge in [0.2, 0.25) is 0 Å². The summed E-state index contributed by atoms with van der Waals surface area (Å²) >= 11 is 1.32. The van der Waals surface area contributed by atoms with Gasteiger partial charge in [-0.3, -0.25) is 25.2 Å². The predicted molar refractivity (Wildman–Crippen MR) is 85.0 cm³/mol. The van der Waals surface area contributed by atoms with Crippen LogP contribution in [-0.2, 0) is 6.54 Å². The minimum Gasteiger partial charge on any atom is -0.307 e. The smallest absolute Gasteiger partial charge is 0.307 e. The van der Waals surface area contributed by atoms with E-state index in [9.17, 15) is 9.59 Å². The van der Waals surface area contributed by atoms with Crippen LogP contribution in [0, 0.1) is 0 Å². The molecule has 0 unspecified atom stereocenters. The fourth-order valence-electron chi connectivity index (χ4n) is 2.09. The highest BCUT2D eigenvalue weighted by Crippen LogP contribution is 2.03. The van der Waals surface area contributed by atoms with E-state index in [-0.39, 0.29) is 5.56 Å². The number of anilines is 1. The Kier molecular flexibility index (Phi) is 3.92. The number of hydrogen-bond acceptors (Lipinski definition) is 5. The van der Waals surface area contributed by atoms with Crippen LogP contribution in [0.1, 0.15) is 6.92 Å². The molecule has 1 aliphatic heterocycles. The summed E-state index contributed by atoms with van der Waals surface area (Å²) in [5, 5.41) is 2.68. The number of hydrazine groups is 1. The van der Waals surface area contributed by atoms with Crippen LogP contribution in [0.2, 0.25) is 0 Å². The van der Waals surface area contributed by atoms with Crippen LogP contribution in [0.4, 0.5) is 10.5 Å². The Hall–Kier alpha value is -2.61.